The number of phenolic OH excluding ortho intramolecular Hbond substituents is 1. The van der Waals surface area contributed by atoms with Crippen LogP contribution in [0.4, 0.5) is 0 Å². The Kier molecular flexibility index (Phi) is 11.4. The van der Waals surface area contributed by atoms with Crippen molar-refractivity contribution in [2.75, 3.05) is 0 Å². The number of nitrogens with two attached hydrogens (primary N) is 1. The van der Waals surface area contributed by atoms with Crippen molar-refractivity contribution in [2.24, 2.45) is 5.73 Å². The van der Waals surface area contributed by atoms with Gasteiger partial charge in [0.2, 0.25) is 0 Å². The number of Topliss-reactive ketones (excluding diaryl/α,β-unsaturated/α-hetero) is 1. The first-order chi connectivity index (χ1) is 15.1. The van der Waals surface area contributed by atoms with Gasteiger partial charge in [-0.25, -0.2) is 4.79 Å². The van der Waals surface area contributed by atoms with Crippen molar-refractivity contribution in [2.45, 2.75) is 103 Å². The molecule has 0 atom stereocenters. The summed E-state index contributed by atoms with van der Waals surface area (Å²) >= 11 is 0. The lowest BCUT2D eigenvalue weighted by Crippen LogP contribution is -2.06. The van der Waals surface area contributed by atoms with E-state index in [9.17, 15) is 14.7 Å². The van der Waals surface area contributed by atoms with Gasteiger partial charge in [0, 0.05) is 30.5 Å². The molecule has 0 spiro atoms. The highest BCUT2D eigenvalue weighted by Gasteiger charge is 2.15. The van der Waals surface area contributed by atoms with Crippen molar-refractivity contribution in [3.63, 3.8) is 0 Å². The molecule has 0 radical (unpaired) electrons. The molecule has 3 N–H and O–H groups in total. The van der Waals surface area contributed by atoms with Crippen LogP contribution in [0.25, 0.3) is 11.0 Å². The molecule has 0 saturated heterocycles. The zero-order valence-corrected chi connectivity index (χ0v) is 19.1. The van der Waals surface area contributed by atoms with E-state index in [1.165, 1.54) is 76.3 Å². The highest BCUT2D eigenvalue weighted by atomic mass is 16.4. The molecular formula is C26H39NO4. The van der Waals surface area contributed by atoms with Gasteiger partial charge in [0.05, 0.1) is 5.56 Å². The standard InChI is InChI=1S/C26H39NO4/c1-2-3-4-5-6-7-8-9-10-11-12-13-14-15-23(28)22-17-21-20(19-27)16-26(30)31-25(21)18-24(22)29/h16-18,29H,2-15,19,27H2,1H3. The van der Waals surface area contributed by atoms with E-state index in [4.69, 9.17) is 10.2 Å². The molecule has 2 aromatic rings. The number of ketones is 1. The number of hydrogen-bond donors (Lipinski definition) is 2. The van der Waals surface area contributed by atoms with Crippen LogP contribution in [0.15, 0.2) is 27.4 Å². The van der Waals surface area contributed by atoms with E-state index < -0.39 is 5.63 Å². The van der Waals surface area contributed by atoms with E-state index in [-0.39, 0.29) is 29.2 Å². The zero-order valence-electron chi connectivity index (χ0n) is 19.1. The first-order valence-electron chi connectivity index (χ1n) is 12.1. The van der Waals surface area contributed by atoms with Crippen LogP contribution >= 0.6 is 0 Å². The van der Waals surface area contributed by atoms with Crippen LogP contribution < -0.4 is 11.4 Å². The van der Waals surface area contributed by atoms with Gasteiger partial charge in [-0.3, -0.25) is 4.79 Å². The second-order valence-electron chi connectivity index (χ2n) is 8.58. The second kappa shape index (κ2) is 14.0. The average molecular weight is 430 g/mol. The molecule has 5 nitrogen and oxygen atoms in total. The van der Waals surface area contributed by atoms with Crippen LogP contribution in [0.3, 0.4) is 0 Å². The smallest absolute Gasteiger partial charge is 0.336 e. The van der Waals surface area contributed by atoms with Gasteiger partial charge < -0.3 is 15.3 Å². The maximum atomic E-state index is 12.6. The minimum atomic E-state index is -0.515. The summed E-state index contributed by atoms with van der Waals surface area (Å²) in [5.41, 5.74) is 6.33. The normalized spacial score (nSPS) is 11.3. The Balaban J connectivity index is 1.67. The third kappa shape index (κ3) is 8.48. The number of unbranched alkanes of at least 4 members (excludes halogenated alkanes) is 12. The molecule has 0 bridgehead atoms. The molecule has 5 heteroatoms. The number of fused-ring (bicyclic) bond motifs is 1. The van der Waals surface area contributed by atoms with Gasteiger partial charge in [0.15, 0.2) is 5.78 Å². The fourth-order valence-corrected chi connectivity index (χ4v) is 4.09. The fraction of sp³-hybridized carbons (Fsp3) is 0.615. The molecule has 0 saturated carbocycles. The number of carbonyl (C=O) groups is 1. The molecule has 0 aliphatic rings. The van der Waals surface area contributed by atoms with Crippen LogP contribution in [0.2, 0.25) is 0 Å². The summed E-state index contributed by atoms with van der Waals surface area (Å²) in [5.74, 6) is -0.235. The van der Waals surface area contributed by atoms with Crippen molar-refractivity contribution >= 4 is 16.8 Å². The Hall–Kier alpha value is -2.14. The summed E-state index contributed by atoms with van der Waals surface area (Å²) < 4.78 is 5.12. The van der Waals surface area contributed by atoms with Crippen molar-refractivity contribution in [1.29, 1.82) is 0 Å². The molecule has 1 aromatic carbocycles. The lowest BCUT2D eigenvalue weighted by Gasteiger charge is -2.08. The van der Waals surface area contributed by atoms with E-state index in [2.05, 4.69) is 6.92 Å². The van der Waals surface area contributed by atoms with Gasteiger partial charge in [0.25, 0.3) is 0 Å². The van der Waals surface area contributed by atoms with Gasteiger partial charge in [-0.15, -0.1) is 0 Å². The van der Waals surface area contributed by atoms with Crippen molar-refractivity contribution in [3.05, 3.63) is 39.7 Å². The minimum absolute atomic E-state index is 0.0864. The maximum absolute atomic E-state index is 12.6. The number of hydrogen-bond acceptors (Lipinski definition) is 5. The van der Waals surface area contributed by atoms with Crippen molar-refractivity contribution < 1.29 is 14.3 Å². The molecule has 31 heavy (non-hydrogen) atoms. The summed E-state index contributed by atoms with van der Waals surface area (Å²) in [5, 5.41) is 10.8. The monoisotopic (exact) mass is 429 g/mol. The lowest BCUT2D eigenvalue weighted by molar-refractivity contribution is 0.0976. The van der Waals surface area contributed by atoms with Crippen molar-refractivity contribution in [1.82, 2.24) is 0 Å². The van der Waals surface area contributed by atoms with Gasteiger partial charge in [0.1, 0.15) is 11.3 Å². The van der Waals surface area contributed by atoms with E-state index in [0.29, 0.717) is 17.4 Å². The van der Waals surface area contributed by atoms with Crippen molar-refractivity contribution in [3.8, 4) is 5.75 Å². The highest BCUT2D eigenvalue weighted by Crippen LogP contribution is 2.28. The zero-order chi connectivity index (χ0) is 22.5. The van der Waals surface area contributed by atoms with E-state index in [1.807, 2.05) is 0 Å². The molecule has 0 aliphatic carbocycles. The number of carbonyl (C=O) groups excluding carboxylic acids is 1. The molecule has 1 heterocycles. The highest BCUT2D eigenvalue weighted by molar-refractivity contribution is 6.02. The van der Waals surface area contributed by atoms with Crippen LogP contribution in [0.5, 0.6) is 5.75 Å². The molecular weight excluding hydrogens is 390 g/mol. The third-order valence-corrected chi connectivity index (χ3v) is 5.97. The lowest BCUT2D eigenvalue weighted by atomic mass is 9.99. The number of phenols is 1. The Morgan fingerprint density at radius 2 is 1.42 bits per heavy atom. The van der Waals surface area contributed by atoms with Gasteiger partial charge in [-0.05, 0) is 18.1 Å². The minimum Gasteiger partial charge on any atom is -0.507 e. The molecule has 0 amide bonds. The molecule has 0 aliphatic heterocycles. The summed E-state index contributed by atoms with van der Waals surface area (Å²) in [6, 6.07) is 4.27. The third-order valence-electron chi connectivity index (χ3n) is 5.97. The van der Waals surface area contributed by atoms with E-state index in [0.717, 1.165) is 19.3 Å². The SMILES string of the molecule is CCCCCCCCCCCCCCCC(=O)c1cc2c(CN)cc(=O)oc2cc1O. The second-order valence-corrected chi connectivity index (χ2v) is 8.58. The predicted octanol–water partition coefficient (Wildman–Crippen LogP) is 6.62. The first-order valence-corrected chi connectivity index (χ1v) is 12.1. The van der Waals surface area contributed by atoms with E-state index >= 15 is 0 Å². The number of aromatic hydroxyl groups is 1. The van der Waals surface area contributed by atoms with E-state index in [1.54, 1.807) is 6.07 Å². The molecule has 2 rings (SSSR count). The summed E-state index contributed by atoms with van der Waals surface area (Å²) in [6.45, 7) is 2.42. The van der Waals surface area contributed by atoms with Gasteiger partial charge in [-0.2, -0.15) is 0 Å². The van der Waals surface area contributed by atoms with Crippen LogP contribution in [-0.2, 0) is 6.54 Å². The number of rotatable bonds is 16. The maximum Gasteiger partial charge on any atom is 0.336 e. The molecule has 0 unspecified atom stereocenters. The molecule has 0 fully saturated rings. The van der Waals surface area contributed by atoms with Crippen LogP contribution in [0, 0.1) is 0 Å². The average Bonchev–Trinajstić information content (AvgIpc) is 2.75. The molecule has 172 valence electrons. The molecule has 1 aromatic heterocycles. The quantitative estimate of drug-likeness (QED) is 0.178. The Labute approximate surface area is 186 Å². The Morgan fingerprint density at radius 1 is 0.871 bits per heavy atom. The van der Waals surface area contributed by atoms with Gasteiger partial charge in [-0.1, -0.05) is 84.0 Å². The Bertz CT molecular complexity index is 872. The first kappa shape index (κ1) is 25.1. The van der Waals surface area contributed by atoms with Gasteiger partial charge >= 0.3 is 5.63 Å². The fourth-order valence-electron chi connectivity index (χ4n) is 4.09. The van der Waals surface area contributed by atoms with Crippen LogP contribution in [0.1, 0.15) is 113 Å². The number of benzene rings is 1. The summed E-state index contributed by atoms with van der Waals surface area (Å²) in [6.07, 6.45) is 16.8. The van der Waals surface area contributed by atoms with Crippen LogP contribution in [-0.4, -0.2) is 10.9 Å². The topological polar surface area (TPSA) is 93.5 Å². The largest absolute Gasteiger partial charge is 0.507 e. The predicted molar refractivity (Wildman–Crippen MR) is 127 cm³/mol. The summed E-state index contributed by atoms with van der Waals surface area (Å²) in [4.78, 5) is 24.2. The Morgan fingerprint density at radius 3 is 1.97 bits per heavy atom. The summed E-state index contributed by atoms with van der Waals surface area (Å²) in [7, 11) is 0.